The van der Waals surface area contributed by atoms with Crippen LogP contribution >= 0.6 is 11.3 Å². The van der Waals surface area contributed by atoms with Gasteiger partial charge in [-0.1, -0.05) is 30.3 Å². The Balaban J connectivity index is 2.24. The zero-order chi connectivity index (χ0) is 9.10. The standard InChI is InChI=1S/C12H12S/c1-10-5-2-3-6-11(10)9-12-7-4-8-13-12/h2-8H,9H2,1H3. The molecule has 0 saturated carbocycles. The molecule has 0 saturated heterocycles. The predicted molar refractivity (Wildman–Crippen MR) is 58.3 cm³/mol. The Bertz CT molecular complexity index is 374. The summed E-state index contributed by atoms with van der Waals surface area (Å²) >= 11 is 1.83. The molecule has 0 bridgehead atoms. The topological polar surface area (TPSA) is 0 Å². The van der Waals surface area contributed by atoms with E-state index < -0.39 is 0 Å². The third-order valence-electron chi connectivity index (χ3n) is 2.21. The summed E-state index contributed by atoms with van der Waals surface area (Å²) in [6, 6.07) is 12.9. The van der Waals surface area contributed by atoms with Crippen LogP contribution in [0.3, 0.4) is 0 Å². The second kappa shape index (κ2) is 3.75. The monoisotopic (exact) mass is 188 g/mol. The highest BCUT2D eigenvalue weighted by molar-refractivity contribution is 7.09. The van der Waals surface area contributed by atoms with Gasteiger partial charge in [-0.15, -0.1) is 11.3 Å². The fourth-order valence-corrected chi connectivity index (χ4v) is 2.14. The quantitative estimate of drug-likeness (QED) is 0.675. The highest BCUT2D eigenvalue weighted by Crippen LogP contribution is 2.16. The summed E-state index contributed by atoms with van der Waals surface area (Å²) in [5.41, 5.74) is 2.82. The van der Waals surface area contributed by atoms with E-state index in [1.54, 1.807) is 0 Å². The molecule has 0 aliphatic rings. The largest absolute Gasteiger partial charge is 0.149 e. The maximum Gasteiger partial charge on any atom is 0.00891 e. The summed E-state index contributed by atoms with van der Waals surface area (Å²) in [6.07, 6.45) is 1.07. The fraction of sp³-hybridized carbons (Fsp3) is 0.167. The van der Waals surface area contributed by atoms with Crippen LogP contribution in [0.15, 0.2) is 41.8 Å². The lowest BCUT2D eigenvalue weighted by Gasteiger charge is -2.02. The molecular weight excluding hydrogens is 176 g/mol. The predicted octanol–water partition coefficient (Wildman–Crippen LogP) is 3.65. The van der Waals surface area contributed by atoms with E-state index >= 15 is 0 Å². The second-order valence-corrected chi connectivity index (χ2v) is 4.21. The van der Waals surface area contributed by atoms with Crippen LogP contribution in [-0.4, -0.2) is 0 Å². The van der Waals surface area contributed by atoms with Gasteiger partial charge >= 0.3 is 0 Å². The minimum absolute atomic E-state index is 1.07. The Morgan fingerprint density at radius 3 is 2.62 bits per heavy atom. The number of thiophene rings is 1. The van der Waals surface area contributed by atoms with E-state index in [1.807, 2.05) is 11.3 Å². The van der Waals surface area contributed by atoms with Crippen LogP contribution in [0.25, 0.3) is 0 Å². The van der Waals surface area contributed by atoms with Crippen molar-refractivity contribution in [3.63, 3.8) is 0 Å². The van der Waals surface area contributed by atoms with E-state index in [9.17, 15) is 0 Å². The van der Waals surface area contributed by atoms with Gasteiger partial charge in [0.25, 0.3) is 0 Å². The summed E-state index contributed by atoms with van der Waals surface area (Å²) in [5.74, 6) is 0. The van der Waals surface area contributed by atoms with E-state index in [-0.39, 0.29) is 0 Å². The summed E-state index contributed by atoms with van der Waals surface area (Å²) in [5, 5.41) is 2.13. The van der Waals surface area contributed by atoms with Gasteiger partial charge in [-0.2, -0.15) is 0 Å². The average Bonchev–Trinajstić information content (AvgIpc) is 2.61. The Morgan fingerprint density at radius 2 is 1.92 bits per heavy atom. The smallest absolute Gasteiger partial charge is 0.00891 e. The van der Waals surface area contributed by atoms with Crippen molar-refractivity contribution in [3.8, 4) is 0 Å². The van der Waals surface area contributed by atoms with Crippen molar-refractivity contribution in [1.29, 1.82) is 0 Å². The molecule has 0 spiro atoms. The lowest BCUT2D eigenvalue weighted by molar-refractivity contribution is 1.19. The van der Waals surface area contributed by atoms with E-state index in [0.29, 0.717) is 0 Å². The zero-order valence-corrected chi connectivity index (χ0v) is 8.47. The van der Waals surface area contributed by atoms with E-state index in [4.69, 9.17) is 0 Å². The van der Waals surface area contributed by atoms with Crippen molar-refractivity contribution >= 4 is 11.3 Å². The van der Waals surface area contributed by atoms with Crippen molar-refractivity contribution < 1.29 is 0 Å². The maximum atomic E-state index is 2.20. The van der Waals surface area contributed by atoms with Crippen LogP contribution in [0.5, 0.6) is 0 Å². The first-order valence-corrected chi connectivity index (χ1v) is 5.31. The molecule has 1 aromatic carbocycles. The van der Waals surface area contributed by atoms with Gasteiger partial charge < -0.3 is 0 Å². The second-order valence-electron chi connectivity index (χ2n) is 3.18. The van der Waals surface area contributed by atoms with Gasteiger partial charge in [0, 0.05) is 11.3 Å². The third-order valence-corrected chi connectivity index (χ3v) is 3.08. The molecule has 1 heteroatoms. The molecule has 0 aliphatic heterocycles. The molecule has 0 nitrogen and oxygen atoms in total. The molecule has 0 atom stereocenters. The SMILES string of the molecule is Cc1ccccc1Cc1cccs1. The first-order valence-electron chi connectivity index (χ1n) is 4.43. The lowest BCUT2D eigenvalue weighted by atomic mass is 10.1. The molecule has 66 valence electrons. The highest BCUT2D eigenvalue weighted by atomic mass is 32.1. The molecule has 1 heterocycles. The zero-order valence-electron chi connectivity index (χ0n) is 7.66. The molecule has 1 aromatic heterocycles. The third kappa shape index (κ3) is 1.99. The van der Waals surface area contributed by atoms with Crippen LogP contribution in [0, 0.1) is 6.92 Å². The molecule has 2 rings (SSSR count). The lowest BCUT2D eigenvalue weighted by Crippen LogP contribution is -1.87. The molecule has 0 fully saturated rings. The van der Waals surface area contributed by atoms with Crippen LogP contribution in [0.2, 0.25) is 0 Å². The first-order chi connectivity index (χ1) is 6.36. The van der Waals surface area contributed by atoms with Gasteiger partial charge in [-0.25, -0.2) is 0 Å². The number of hydrogen-bond donors (Lipinski definition) is 0. The van der Waals surface area contributed by atoms with Crippen molar-refractivity contribution in [1.82, 2.24) is 0 Å². The summed E-state index contributed by atoms with van der Waals surface area (Å²) in [4.78, 5) is 1.44. The van der Waals surface area contributed by atoms with Gasteiger partial charge in [0.2, 0.25) is 0 Å². The van der Waals surface area contributed by atoms with E-state index in [1.165, 1.54) is 16.0 Å². The number of hydrogen-bond acceptors (Lipinski definition) is 1. The van der Waals surface area contributed by atoms with Crippen LogP contribution in [0.1, 0.15) is 16.0 Å². The van der Waals surface area contributed by atoms with Crippen LogP contribution in [-0.2, 0) is 6.42 Å². The first kappa shape index (κ1) is 8.52. The molecule has 0 N–H and O–H groups in total. The molecule has 13 heavy (non-hydrogen) atoms. The van der Waals surface area contributed by atoms with Gasteiger partial charge in [-0.05, 0) is 29.5 Å². The van der Waals surface area contributed by atoms with Crippen molar-refractivity contribution in [2.24, 2.45) is 0 Å². The molecule has 0 amide bonds. The van der Waals surface area contributed by atoms with Crippen molar-refractivity contribution in [2.75, 3.05) is 0 Å². The Labute approximate surface area is 82.9 Å². The molecule has 0 aliphatic carbocycles. The summed E-state index contributed by atoms with van der Waals surface area (Å²) < 4.78 is 0. The van der Waals surface area contributed by atoms with Crippen LogP contribution in [0.4, 0.5) is 0 Å². The Morgan fingerprint density at radius 1 is 1.08 bits per heavy atom. The van der Waals surface area contributed by atoms with Gasteiger partial charge in [0.15, 0.2) is 0 Å². The van der Waals surface area contributed by atoms with Gasteiger partial charge in [0.05, 0.1) is 0 Å². The minimum atomic E-state index is 1.07. The maximum absolute atomic E-state index is 2.20. The number of benzene rings is 1. The van der Waals surface area contributed by atoms with E-state index in [0.717, 1.165) is 6.42 Å². The summed E-state index contributed by atoms with van der Waals surface area (Å²) in [6.45, 7) is 2.17. The van der Waals surface area contributed by atoms with Gasteiger partial charge in [-0.3, -0.25) is 0 Å². The van der Waals surface area contributed by atoms with Crippen LogP contribution < -0.4 is 0 Å². The van der Waals surface area contributed by atoms with E-state index in [2.05, 4.69) is 48.7 Å². The number of aryl methyl sites for hydroxylation is 1. The van der Waals surface area contributed by atoms with Gasteiger partial charge in [0.1, 0.15) is 0 Å². The highest BCUT2D eigenvalue weighted by Gasteiger charge is 1.98. The Hall–Kier alpha value is -1.08. The average molecular weight is 188 g/mol. The van der Waals surface area contributed by atoms with Crippen molar-refractivity contribution in [3.05, 3.63) is 57.8 Å². The number of rotatable bonds is 2. The normalized spacial score (nSPS) is 10.2. The molecule has 0 unspecified atom stereocenters. The molecular formula is C12H12S. The van der Waals surface area contributed by atoms with Crippen molar-refractivity contribution in [2.45, 2.75) is 13.3 Å². The summed E-state index contributed by atoms with van der Waals surface area (Å²) in [7, 11) is 0. The molecule has 2 aromatic rings. The fourth-order valence-electron chi connectivity index (χ4n) is 1.41. The molecule has 0 radical (unpaired) electrons. The Kier molecular flexibility index (Phi) is 2.46. The minimum Gasteiger partial charge on any atom is -0.149 e.